The van der Waals surface area contributed by atoms with Crippen LogP contribution in [-0.2, 0) is 0 Å². The van der Waals surface area contributed by atoms with Crippen molar-refractivity contribution >= 4 is 29.1 Å². The highest BCUT2D eigenvalue weighted by molar-refractivity contribution is 6.34. The molecule has 27 heavy (non-hydrogen) atoms. The number of halogens is 1. The van der Waals surface area contributed by atoms with Crippen molar-refractivity contribution in [3.05, 3.63) is 87.9 Å². The van der Waals surface area contributed by atoms with Crippen LogP contribution < -0.4 is 9.64 Å². The molecule has 0 spiro atoms. The first kappa shape index (κ1) is 17.3. The molecule has 0 saturated carbocycles. The molecule has 0 unspecified atom stereocenters. The fraction of sp³-hybridized carbons (Fsp3) is 0.0909. The van der Waals surface area contributed by atoms with Crippen LogP contribution in [0.2, 0.25) is 5.02 Å². The van der Waals surface area contributed by atoms with Crippen molar-refractivity contribution in [2.24, 2.45) is 0 Å². The Bertz CT molecular complexity index is 1070. The van der Waals surface area contributed by atoms with Crippen LogP contribution in [0, 0.1) is 13.8 Å². The molecule has 0 saturated heterocycles. The van der Waals surface area contributed by atoms with Gasteiger partial charge in [0.1, 0.15) is 11.5 Å². The Balaban J connectivity index is 1.69. The lowest BCUT2D eigenvalue weighted by Gasteiger charge is -2.17. The van der Waals surface area contributed by atoms with Crippen LogP contribution in [0.3, 0.4) is 0 Å². The first-order valence-corrected chi connectivity index (χ1v) is 8.85. The number of benzene rings is 3. The number of imide groups is 1. The van der Waals surface area contributed by atoms with Crippen molar-refractivity contribution in [1.82, 2.24) is 0 Å². The summed E-state index contributed by atoms with van der Waals surface area (Å²) in [6.07, 6.45) is 0. The number of rotatable bonds is 3. The number of carbonyl (C=O) groups excluding carboxylic acids is 2. The van der Waals surface area contributed by atoms with Gasteiger partial charge in [-0.15, -0.1) is 0 Å². The number of anilines is 1. The molecule has 0 atom stereocenters. The normalized spacial score (nSPS) is 13.1. The van der Waals surface area contributed by atoms with Gasteiger partial charge in [0.2, 0.25) is 0 Å². The van der Waals surface area contributed by atoms with Crippen molar-refractivity contribution in [2.75, 3.05) is 4.90 Å². The Labute approximate surface area is 161 Å². The van der Waals surface area contributed by atoms with Crippen LogP contribution in [-0.4, -0.2) is 11.8 Å². The molecule has 0 fully saturated rings. The number of fused-ring (bicyclic) bond motifs is 1. The average Bonchev–Trinajstić information content (AvgIpc) is 2.90. The zero-order chi connectivity index (χ0) is 19.1. The van der Waals surface area contributed by atoms with E-state index < -0.39 is 0 Å². The minimum atomic E-state index is -0.342. The molecule has 134 valence electrons. The summed E-state index contributed by atoms with van der Waals surface area (Å²) >= 11 is 5.88. The van der Waals surface area contributed by atoms with Gasteiger partial charge in [0, 0.05) is 5.02 Å². The van der Waals surface area contributed by atoms with Gasteiger partial charge < -0.3 is 4.74 Å². The molecule has 4 nitrogen and oxygen atoms in total. The van der Waals surface area contributed by atoms with Gasteiger partial charge in [0.05, 0.1) is 16.8 Å². The number of hydrogen-bond acceptors (Lipinski definition) is 3. The largest absolute Gasteiger partial charge is 0.457 e. The zero-order valence-electron chi connectivity index (χ0n) is 14.8. The monoisotopic (exact) mass is 377 g/mol. The standard InChI is InChI=1S/C22H16ClNO3/c1-13-3-4-14(2)20(11-13)24-21(25)18-10-9-17(12-19(18)22(24)26)27-16-7-5-15(23)6-8-16/h3-12H,1-2H3. The molecule has 0 N–H and O–H groups in total. The lowest BCUT2D eigenvalue weighted by atomic mass is 10.1. The molecule has 1 aliphatic rings. The third-order valence-electron chi connectivity index (χ3n) is 4.51. The number of aryl methyl sites for hydroxylation is 2. The third-order valence-corrected chi connectivity index (χ3v) is 4.76. The maximum absolute atomic E-state index is 13.0. The molecule has 0 aromatic heterocycles. The molecule has 0 bridgehead atoms. The molecule has 0 aliphatic carbocycles. The summed E-state index contributed by atoms with van der Waals surface area (Å²) in [5.74, 6) is 0.426. The van der Waals surface area contributed by atoms with E-state index in [1.807, 2.05) is 32.0 Å². The van der Waals surface area contributed by atoms with Crippen LogP contribution in [0.15, 0.2) is 60.7 Å². The van der Waals surface area contributed by atoms with Crippen molar-refractivity contribution in [2.45, 2.75) is 13.8 Å². The van der Waals surface area contributed by atoms with E-state index in [1.54, 1.807) is 42.5 Å². The molecular weight excluding hydrogens is 362 g/mol. The summed E-state index contributed by atoms with van der Waals surface area (Å²) in [4.78, 5) is 27.0. The van der Waals surface area contributed by atoms with Crippen molar-refractivity contribution in [1.29, 1.82) is 0 Å². The van der Waals surface area contributed by atoms with Crippen LogP contribution in [0.25, 0.3) is 0 Å². The van der Waals surface area contributed by atoms with Crippen molar-refractivity contribution < 1.29 is 14.3 Å². The van der Waals surface area contributed by atoms with Crippen LogP contribution in [0.5, 0.6) is 11.5 Å². The maximum atomic E-state index is 13.0. The molecule has 3 aromatic carbocycles. The van der Waals surface area contributed by atoms with E-state index in [0.29, 0.717) is 33.3 Å². The third kappa shape index (κ3) is 3.09. The van der Waals surface area contributed by atoms with E-state index in [9.17, 15) is 9.59 Å². The molecule has 1 aliphatic heterocycles. The first-order valence-electron chi connectivity index (χ1n) is 8.47. The highest BCUT2D eigenvalue weighted by Crippen LogP contribution is 2.34. The summed E-state index contributed by atoms with van der Waals surface area (Å²) in [6.45, 7) is 3.81. The minimum Gasteiger partial charge on any atom is -0.457 e. The molecule has 1 heterocycles. The average molecular weight is 378 g/mol. The van der Waals surface area contributed by atoms with Crippen LogP contribution in [0.4, 0.5) is 5.69 Å². The van der Waals surface area contributed by atoms with Gasteiger partial charge in [0.25, 0.3) is 11.8 Å². The van der Waals surface area contributed by atoms with Crippen molar-refractivity contribution in [3.8, 4) is 11.5 Å². The second-order valence-electron chi connectivity index (χ2n) is 6.50. The Morgan fingerprint density at radius 3 is 2.19 bits per heavy atom. The molecule has 3 aromatic rings. The van der Waals surface area contributed by atoms with Gasteiger partial charge in [0.15, 0.2) is 0 Å². The van der Waals surface area contributed by atoms with Crippen molar-refractivity contribution in [3.63, 3.8) is 0 Å². The molecule has 5 heteroatoms. The molecular formula is C22H16ClNO3. The molecule has 0 radical (unpaired) electrons. The lowest BCUT2D eigenvalue weighted by Crippen LogP contribution is -2.30. The minimum absolute atomic E-state index is 0.318. The van der Waals surface area contributed by atoms with E-state index in [2.05, 4.69) is 0 Å². The second kappa shape index (κ2) is 6.56. The summed E-state index contributed by atoms with van der Waals surface area (Å²) in [5.41, 5.74) is 3.18. The predicted octanol–water partition coefficient (Wildman–Crippen LogP) is 5.55. The summed E-state index contributed by atoms with van der Waals surface area (Å²) in [7, 11) is 0. The predicted molar refractivity (Wildman–Crippen MR) is 105 cm³/mol. The smallest absolute Gasteiger partial charge is 0.266 e. The topological polar surface area (TPSA) is 46.6 Å². The fourth-order valence-corrected chi connectivity index (χ4v) is 3.23. The van der Waals surface area contributed by atoms with E-state index in [0.717, 1.165) is 11.1 Å². The number of nitrogens with zero attached hydrogens (tertiary/aromatic N) is 1. The SMILES string of the molecule is Cc1ccc(C)c(N2C(=O)c3ccc(Oc4ccc(Cl)cc4)cc3C2=O)c1. The number of amides is 2. The zero-order valence-corrected chi connectivity index (χ0v) is 15.6. The quantitative estimate of drug-likeness (QED) is 0.562. The maximum Gasteiger partial charge on any atom is 0.266 e. The van der Waals surface area contributed by atoms with Crippen LogP contribution >= 0.6 is 11.6 Å². The van der Waals surface area contributed by atoms with E-state index in [1.165, 1.54) is 4.90 Å². The summed E-state index contributed by atoms with van der Waals surface area (Å²) in [6, 6.07) is 17.6. The summed E-state index contributed by atoms with van der Waals surface area (Å²) < 4.78 is 5.79. The lowest BCUT2D eigenvalue weighted by molar-refractivity contribution is 0.0926. The number of ether oxygens (including phenoxy) is 1. The Morgan fingerprint density at radius 2 is 1.44 bits per heavy atom. The summed E-state index contributed by atoms with van der Waals surface area (Å²) in [5, 5.41) is 0.612. The van der Waals surface area contributed by atoms with Gasteiger partial charge in [-0.1, -0.05) is 23.7 Å². The Hall–Kier alpha value is -3.11. The van der Waals surface area contributed by atoms with Gasteiger partial charge in [-0.25, -0.2) is 4.90 Å². The fourth-order valence-electron chi connectivity index (χ4n) is 3.10. The molecule has 2 amide bonds. The van der Waals surface area contributed by atoms with Gasteiger partial charge in [-0.2, -0.15) is 0 Å². The van der Waals surface area contributed by atoms with Crippen LogP contribution in [0.1, 0.15) is 31.8 Å². The highest BCUT2D eigenvalue weighted by Gasteiger charge is 2.37. The van der Waals surface area contributed by atoms with E-state index in [-0.39, 0.29) is 11.8 Å². The Morgan fingerprint density at radius 1 is 0.778 bits per heavy atom. The second-order valence-corrected chi connectivity index (χ2v) is 6.94. The first-order chi connectivity index (χ1) is 12.9. The van der Waals surface area contributed by atoms with E-state index >= 15 is 0 Å². The molecule has 4 rings (SSSR count). The van der Waals surface area contributed by atoms with Gasteiger partial charge >= 0.3 is 0 Å². The van der Waals surface area contributed by atoms with E-state index in [4.69, 9.17) is 16.3 Å². The van der Waals surface area contributed by atoms with Gasteiger partial charge in [-0.05, 0) is 73.5 Å². The van der Waals surface area contributed by atoms with Gasteiger partial charge in [-0.3, -0.25) is 9.59 Å². The Kier molecular flexibility index (Phi) is 4.21. The number of hydrogen-bond donors (Lipinski definition) is 0. The number of carbonyl (C=O) groups is 2. The highest BCUT2D eigenvalue weighted by atomic mass is 35.5.